The molecule has 1 heterocycles. The molecule has 78 valence electrons. The Bertz CT molecular complexity index is 264. The van der Waals surface area contributed by atoms with E-state index in [0.29, 0.717) is 6.61 Å². The van der Waals surface area contributed by atoms with Crippen molar-refractivity contribution >= 4 is 17.7 Å². The van der Waals surface area contributed by atoms with Crippen molar-refractivity contribution in [2.75, 3.05) is 13.7 Å². The van der Waals surface area contributed by atoms with Crippen LogP contribution in [0, 0.1) is 0 Å². The summed E-state index contributed by atoms with van der Waals surface area (Å²) >= 11 is 0. The number of hydrogen-bond acceptors (Lipinski definition) is 4. The molecule has 1 fully saturated rings. The lowest BCUT2D eigenvalue weighted by molar-refractivity contribution is -0.128. The van der Waals surface area contributed by atoms with E-state index < -0.39 is 11.9 Å². The van der Waals surface area contributed by atoms with E-state index in [1.807, 2.05) is 0 Å². The molecular formula is C8H12N2O4. The van der Waals surface area contributed by atoms with E-state index in [1.165, 1.54) is 7.11 Å². The van der Waals surface area contributed by atoms with E-state index in [1.54, 1.807) is 0 Å². The molecule has 6 heteroatoms. The van der Waals surface area contributed by atoms with Gasteiger partial charge in [-0.3, -0.25) is 19.7 Å². The fourth-order valence-corrected chi connectivity index (χ4v) is 1.13. The predicted octanol–water partition coefficient (Wildman–Crippen LogP) is -1.45. The zero-order valence-corrected chi connectivity index (χ0v) is 7.83. The lowest BCUT2D eigenvalue weighted by Crippen LogP contribution is -2.40. The summed E-state index contributed by atoms with van der Waals surface area (Å²) in [7, 11) is 1.49. The first kappa shape index (κ1) is 10.6. The van der Waals surface area contributed by atoms with Crippen molar-refractivity contribution in [3.05, 3.63) is 0 Å². The van der Waals surface area contributed by atoms with E-state index in [2.05, 4.69) is 10.6 Å². The molecule has 0 saturated carbocycles. The van der Waals surface area contributed by atoms with Gasteiger partial charge in [0.25, 0.3) is 0 Å². The van der Waals surface area contributed by atoms with Gasteiger partial charge in [0, 0.05) is 13.5 Å². The summed E-state index contributed by atoms with van der Waals surface area (Å²) in [6, 6.07) is -0.716. The van der Waals surface area contributed by atoms with Crippen molar-refractivity contribution in [2.24, 2.45) is 0 Å². The summed E-state index contributed by atoms with van der Waals surface area (Å²) in [4.78, 5) is 32.9. The Morgan fingerprint density at radius 1 is 1.64 bits per heavy atom. The van der Waals surface area contributed by atoms with E-state index in [-0.39, 0.29) is 24.7 Å². The summed E-state index contributed by atoms with van der Waals surface area (Å²) in [6.45, 7) is 0.300. The molecule has 2 N–H and O–H groups in total. The largest absolute Gasteiger partial charge is 0.384 e. The minimum absolute atomic E-state index is 0.0254. The first-order valence-corrected chi connectivity index (χ1v) is 4.25. The van der Waals surface area contributed by atoms with Gasteiger partial charge in [-0.15, -0.1) is 0 Å². The molecule has 0 aromatic heterocycles. The predicted molar refractivity (Wildman–Crippen MR) is 46.2 cm³/mol. The van der Waals surface area contributed by atoms with Crippen LogP contribution < -0.4 is 10.6 Å². The second-order valence-electron chi connectivity index (χ2n) is 2.98. The topological polar surface area (TPSA) is 84.5 Å². The highest BCUT2D eigenvalue weighted by molar-refractivity contribution is 6.06. The number of nitrogens with one attached hydrogen (secondary N) is 2. The van der Waals surface area contributed by atoms with E-state index >= 15 is 0 Å². The van der Waals surface area contributed by atoms with Gasteiger partial charge in [0.1, 0.15) is 6.04 Å². The van der Waals surface area contributed by atoms with Crippen LogP contribution in [-0.4, -0.2) is 37.5 Å². The summed E-state index contributed by atoms with van der Waals surface area (Å²) in [6.07, 6.45) is 0.214. The Hall–Kier alpha value is -1.43. The fourth-order valence-electron chi connectivity index (χ4n) is 1.13. The van der Waals surface area contributed by atoms with Crippen LogP contribution in [0.2, 0.25) is 0 Å². The maximum Gasteiger partial charge on any atom is 0.249 e. The quantitative estimate of drug-likeness (QED) is 0.544. The van der Waals surface area contributed by atoms with Crippen molar-refractivity contribution in [3.8, 4) is 0 Å². The van der Waals surface area contributed by atoms with Gasteiger partial charge in [-0.25, -0.2) is 0 Å². The third kappa shape index (κ3) is 2.81. The molecule has 0 radical (unpaired) electrons. The number of carbonyl (C=O) groups is 3. The Kier molecular flexibility index (Phi) is 3.58. The van der Waals surface area contributed by atoms with Crippen LogP contribution in [0.3, 0.4) is 0 Å². The smallest absolute Gasteiger partial charge is 0.249 e. The normalized spacial score (nSPS) is 20.8. The first-order valence-electron chi connectivity index (χ1n) is 4.25. The number of methoxy groups -OCH3 is 1. The standard InChI is InChI=1S/C8H12N2O4/c1-14-3-2-6(11)9-5-4-7(12)10-8(5)13/h5H,2-4H2,1H3,(H,9,11)(H,10,12,13). The molecule has 1 aliphatic heterocycles. The fraction of sp³-hybridized carbons (Fsp3) is 0.625. The zero-order chi connectivity index (χ0) is 10.6. The number of hydrogen-bond donors (Lipinski definition) is 2. The van der Waals surface area contributed by atoms with E-state index in [4.69, 9.17) is 4.74 Å². The summed E-state index contributed by atoms with van der Waals surface area (Å²) in [5, 5.41) is 4.55. The van der Waals surface area contributed by atoms with Crippen molar-refractivity contribution < 1.29 is 19.1 Å². The molecule has 0 aromatic rings. The molecule has 1 atom stereocenters. The summed E-state index contributed by atoms with van der Waals surface area (Å²) < 4.78 is 4.70. The average Bonchev–Trinajstić information content (AvgIpc) is 2.42. The minimum atomic E-state index is -0.716. The maximum atomic E-state index is 11.1. The number of imide groups is 1. The number of ether oxygens (including phenoxy) is 1. The Morgan fingerprint density at radius 2 is 2.36 bits per heavy atom. The lowest BCUT2D eigenvalue weighted by atomic mass is 10.2. The lowest BCUT2D eigenvalue weighted by Gasteiger charge is -2.08. The molecular weight excluding hydrogens is 188 g/mol. The Balaban J connectivity index is 2.33. The number of carbonyl (C=O) groups excluding carboxylic acids is 3. The maximum absolute atomic E-state index is 11.1. The van der Waals surface area contributed by atoms with Gasteiger partial charge in [0.2, 0.25) is 17.7 Å². The molecule has 1 saturated heterocycles. The Labute approximate surface area is 81.0 Å². The monoisotopic (exact) mass is 200 g/mol. The van der Waals surface area contributed by atoms with Crippen LogP contribution in [0.5, 0.6) is 0 Å². The number of rotatable bonds is 4. The van der Waals surface area contributed by atoms with Crippen molar-refractivity contribution in [1.82, 2.24) is 10.6 Å². The van der Waals surface area contributed by atoms with Crippen LogP contribution in [0.4, 0.5) is 0 Å². The second-order valence-corrected chi connectivity index (χ2v) is 2.98. The van der Waals surface area contributed by atoms with Gasteiger partial charge in [-0.1, -0.05) is 0 Å². The highest BCUT2D eigenvalue weighted by atomic mass is 16.5. The molecule has 1 rings (SSSR count). The Morgan fingerprint density at radius 3 is 2.86 bits per heavy atom. The van der Waals surface area contributed by atoms with Crippen LogP contribution in [0.1, 0.15) is 12.8 Å². The highest BCUT2D eigenvalue weighted by Gasteiger charge is 2.31. The molecule has 14 heavy (non-hydrogen) atoms. The average molecular weight is 200 g/mol. The van der Waals surface area contributed by atoms with Gasteiger partial charge in [-0.2, -0.15) is 0 Å². The summed E-state index contributed by atoms with van der Waals surface area (Å²) in [5.74, 6) is -1.09. The second kappa shape index (κ2) is 4.71. The summed E-state index contributed by atoms with van der Waals surface area (Å²) in [5.41, 5.74) is 0. The van der Waals surface area contributed by atoms with Gasteiger partial charge < -0.3 is 10.1 Å². The van der Waals surface area contributed by atoms with Crippen LogP contribution >= 0.6 is 0 Å². The molecule has 0 aliphatic carbocycles. The molecule has 1 aliphatic rings. The van der Waals surface area contributed by atoms with Crippen molar-refractivity contribution in [1.29, 1.82) is 0 Å². The van der Waals surface area contributed by atoms with Gasteiger partial charge >= 0.3 is 0 Å². The van der Waals surface area contributed by atoms with Gasteiger partial charge in [0.05, 0.1) is 13.0 Å². The van der Waals surface area contributed by atoms with Gasteiger partial charge in [0.15, 0.2) is 0 Å². The van der Waals surface area contributed by atoms with Crippen LogP contribution in [0.15, 0.2) is 0 Å². The number of amides is 3. The third-order valence-corrected chi connectivity index (χ3v) is 1.84. The zero-order valence-electron chi connectivity index (χ0n) is 7.83. The third-order valence-electron chi connectivity index (χ3n) is 1.84. The van der Waals surface area contributed by atoms with Gasteiger partial charge in [-0.05, 0) is 0 Å². The van der Waals surface area contributed by atoms with E-state index in [9.17, 15) is 14.4 Å². The van der Waals surface area contributed by atoms with E-state index in [0.717, 1.165) is 0 Å². The SMILES string of the molecule is COCCC(=O)NC1CC(=O)NC1=O. The van der Waals surface area contributed by atoms with Crippen LogP contribution in [-0.2, 0) is 19.1 Å². The molecule has 3 amide bonds. The molecule has 1 unspecified atom stereocenters. The molecule has 0 spiro atoms. The van der Waals surface area contributed by atoms with Crippen molar-refractivity contribution in [2.45, 2.75) is 18.9 Å². The van der Waals surface area contributed by atoms with Crippen LogP contribution in [0.25, 0.3) is 0 Å². The highest BCUT2D eigenvalue weighted by Crippen LogP contribution is 2.01. The molecule has 0 bridgehead atoms. The molecule has 0 aromatic carbocycles. The van der Waals surface area contributed by atoms with Crippen molar-refractivity contribution in [3.63, 3.8) is 0 Å². The molecule has 6 nitrogen and oxygen atoms in total. The minimum Gasteiger partial charge on any atom is -0.384 e. The first-order chi connectivity index (χ1) is 6.63.